The van der Waals surface area contributed by atoms with Gasteiger partial charge in [0, 0.05) is 12.5 Å². The van der Waals surface area contributed by atoms with Crippen LogP contribution in [-0.4, -0.2) is 10.2 Å². The molecule has 3 heteroatoms. The zero-order chi connectivity index (χ0) is 9.68. The lowest BCUT2D eigenvalue weighted by Gasteiger charge is -2.07. The Bertz CT molecular complexity index is 297. The second-order valence-corrected chi connectivity index (χ2v) is 2.95. The van der Waals surface area contributed by atoms with Gasteiger partial charge in [-0.15, -0.1) is 12.3 Å². The average Bonchev–Trinajstić information content (AvgIpc) is 2.15. The van der Waals surface area contributed by atoms with Crippen molar-refractivity contribution in [1.29, 1.82) is 0 Å². The maximum absolute atomic E-state index is 5.83. The van der Waals surface area contributed by atoms with Gasteiger partial charge >= 0.3 is 0 Å². The molecule has 0 fully saturated rings. The molecule has 68 valence electrons. The van der Waals surface area contributed by atoms with Gasteiger partial charge in [-0.1, -0.05) is 0 Å². The largest absolute Gasteiger partial charge is 0.323 e. The average molecular weight is 175 g/mol. The fraction of sp³-hybridized carbons (Fsp3) is 0.400. The van der Waals surface area contributed by atoms with Crippen LogP contribution in [0.5, 0.6) is 0 Å². The summed E-state index contributed by atoms with van der Waals surface area (Å²) in [5, 5.41) is 7.91. The zero-order valence-electron chi connectivity index (χ0n) is 7.70. The third kappa shape index (κ3) is 2.85. The number of hydrogen-bond donors (Lipinski definition) is 1. The topological polar surface area (TPSA) is 51.8 Å². The normalized spacial score (nSPS) is 12.1. The highest BCUT2D eigenvalue weighted by Gasteiger charge is 2.06. The molecule has 0 amide bonds. The van der Waals surface area contributed by atoms with Gasteiger partial charge in [0.05, 0.1) is 11.4 Å². The lowest BCUT2D eigenvalue weighted by molar-refractivity contribution is 0.634. The molecule has 0 aromatic carbocycles. The number of nitrogens with two attached hydrogens (primary N) is 1. The molecule has 1 rings (SSSR count). The summed E-state index contributed by atoms with van der Waals surface area (Å²) in [6, 6.07) is 3.70. The molecule has 13 heavy (non-hydrogen) atoms. The maximum Gasteiger partial charge on any atom is 0.0798 e. The Kier molecular flexibility index (Phi) is 3.41. The molecule has 0 bridgehead atoms. The fourth-order valence-corrected chi connectivity index (χ4v) is 0.994. The molecule has 2 N–H and O–H groups in total. The lowest BCUT2D eigenvalue weighted by Crippen LogP contribution is -2.12. The van der Waals surface area contributed by atoms with Gasteiger partial charge in [0.2, 0.25) is 0 Å². The highest BCUT2D eigenvalue weighted by Crippen LogP contribution is 2.11. The standard InChI is InChI=1S/C10H13N3/c1-3-4-5-9(11)10-7-6-8(2)12-13-10/h1,6-7,9H,4-5,11H2,2H3. The summed E-state index contributed by atoms with van der Waals surface area (Å²) in [6.07, 6.45) is 6.57. The molecule has 1 heterocycles. The van der Waals surface area contributed by atoms with Gasteiger partial charge in [0.1, 0.15) is 0 Å². The van der Waals surface area contributed by atoms with E-state index in [2.05, 4.69) is 16.1 Å². The molecule has 0 aliphatic carbocycles. The molecule has 0 saturated carbocycles. The minimum Gasteiger partial charge on any atom is -0.323 e. The van der Waals surface area contributed by atoms with Crippen molar-refractivity contribution in [1.82, 2.24) is 10.2 Å². The fourth-order valence-electron chi connectivity index (χ4n) is 0.994. The smallest absolute Gasteiger partial charge is 0.0798 e. The van der Waals surface area contributed by atoms with Crippen LogP contribution >= 0.6 is 0 Å². The van der Waals surface area contributed by atoms with Crippen molar-refractivity contribution in [3.8, 4) is 12.3 Å². The Morgan fingerprint density at radius 3 is 2.85 bits per heavy atom. The minimum atomic E-state index is -0.0934. The van der Waals surface area contributed by atoms with Gasteiger partial charge in [0.15, 0.2) is 0 Å². The number of nitrogens with zero attached hydrogens (tertiary/aromatic N) is 2. The zero-order valence-corrected chi connectivity index (χ0v) is 7.70. The Labute approximate surface area is 78.4 Å². The van der Waals surface area contributed by atoms with E-state index < -0.39 is 0 Å². The molecule has 0 radical (unpaired) electrons. The maximum atomic E-state index is 5.83. The molecule has 0 saturated heterocycles. The quantitative estimate of drug-likeness (QED) is 0.702. The molecule has 1 unspecified atom stereocenters. The SMILES string of the molecule is C#CCCC(N)c1ccc(C)nn1. The van der Waals surface area contributed by atoms with Crippen LogP contribution in [-0.2, 0) is 0 Å². The Balaban J connectivity index is 2.62. The molecule has 1 aromatic heterocycles. The summed E-state index contributed by atoms with van der Waals surface area (Å²) >= 11 is 0. The Morgan fingerprint density at radius 1 is 1.54 bits per heavy atom. The van der Waals surface area contributed by atoms with Gasteiger partial charge in [-0.3, -0.25) is 0 Å². The van der Waals surface area contributed by atoms with Crippen LogP contribution in [0.25, 0.3) is 0 Å². The summed E-state index contributed by atoms with van der Waals surface area (Å²) in [6.45, 7) is 1.89. The third-order valence-electron chi connectivity index (χ3n) is 1.80. The Hall–Kier alpha value is -1.40. The summed E-state index contributed by atoms with van der Waals surface area (Å²) in [4.78, 5) is 0. The highest BCUT2D eigenvalue weighted by atomic mass is 15.1. The van der Waals surface area contributed by atoms with Crippen LogP contribution in [0.15, 0.2) is 12.1 Å². The van der Waals surface area contributed by atoms with Gasteiger partial charge in [-0.05, 0) is 25.5 Å². The molecule has 0 aliphatic rings. The van der Waals surface area contributed by atoms with Crippen molar-refractivity contribution >= 4 is 0 Å². The summed E-state index contributed by atoms with van der Waals surface area (Å²) < 4.78 is 0. The van der Waals surface area contributed by atoms with Gasteiger partial charge in [-0.25, -0.2) is 0 Å². The van der Waals surface area contributed by atoms with Crippen LogP contribution in [0.1, 0.15) is 30.3 Å². The molecule has 0 spiro atoms. The molecular weight excluding hydrogens is 162 g/mol. The predicted octanol–water partition coefficient (Wildman–Crippen LogP) is 1.20. The molecule has 1 atom stereocenters. The van der Waals surface area contributed by atoms with E-state index in [1.165, 1.54) is 0 Å². The molecule has 0 aliphatic heterocycles. The van der Waals surface area contributed by atoms with Crippen LogP contribution < -0.4 is 5.73 Å². The van der Waals surface area contributed by atoms with E-state index in [0.29, 0.717) is 6.42 Å². The van der Waals surface area contributed by atoms with Gasteiger partial charge in [-0.2, -0.15) is 10.2 Å². The lowest BCUT2D eigenvalue weighted by atomic mass is 10.1. The minimum absolute atomic E-state index is 0.0934. The van der Waals surface area contributed by atoms with E-state index in [0.717, 1.165) is 17.8 Å². The molecular formula is C10H13N3. The van der Waals surface area contributed by atoms with Crippen LogP contribution in [0.2, 0.25) is 0 Å². The van der Waals surface area contributed by atoms with Crippen molar-refractivity contribution in [2.24, 2.45) is 5.73 Å². The number of rotatable bonds is 3. The first-order chi connectivity index (χ1) is 6.24. The van der Waals surface area contributed by atoms with Crippen molar-refractivity contribution in [3.63, 3.8) is 0 Å². The summed E-state index contributed by atoms with van der Waals surface area (Å²) in [7, 11) is 0. The second kappa shape index (κ2) is 4.58. The van der Waals surface area contributed by atoms with E-state index >= 15 is 0 Å². The summed E-state index contributed by atoms with van der Waals surface area (Å²) in [5.41, 5.74) is 7.54. The van der Waals surface area contributed by atoms with Crippen molar-refractivity contribution in [3.05, 3.63) is 23.5 Å². The number of aromatic nitrogens is 2. The van der Waals surface area contributed by atoms with Crippen molar-refractivity contribution in [2.75, 3.05) is 0 Å². The van der Waals surface area contributed by atoms with Crippen LogP contribution in [0, 0.1) is 19.3 Å². The van der Waals surface area contributed by atoms with E-state index in [9.17, 15) is 0 Å². The van der Waals surface area contributed by atoms with Gasteiger partial charge in [0.25, 0.3) is 0 Å². The predicted molar refractivity (Wildman–Crippen MR) is 51.8 cm³/mol. The van der Waals surface area contributed by atoms with E-state index in [-0.39, 0.29) is 6.04 Å². The second-order valence-electron chi connectivity index (χ2n) is 2.95. The number of hydrogen-bond acceptors (Lipinski definition) is 3. The monoisotopic (exact) mass is 175 g/mol. The first kappa shape index (κ1) is 9.69. The first-order valence-electron chi connectivity index (χ1n) is 4.23. The first-order valence-corrected chi connectivity index (χ1v) is 4.23. The Morgan fingerprint density at radius 2 is 2.31 bits per heavy atom. The van der Waals surface area contributed by atoms with E-state index in [1.54, 1.807) is 0 Å². The van der Waals surface area contributed by atoms with Crippen LogP contribution in [0.4, 0.5) is 0 Å². The molecule has 1 aromatic rings. The third-order valence-corrected chi connectivity index (χ3v) is 1.80. The van der Waals surface area contributed by atoms with Crippen molar-refractivity contribution in [2.45, 2.75) is 25.8 Å². The van der Waals surface area contributed by atoms with E-state index in [1.807, 2.05) is 19.1 Å². The molecule has 3 nitrogen and oxygen atoms in total. The highest BCUT2D eigenvalue weighted by molar-refractivity contribution is 5.09. The van der Waals surface area contributed by atoms with Crippen LogP contribution in [0.3, 0.4) is 0 Å². The van der Waals surface area contributed by atoms with Crippen molar-refractivity contribution < 1.29 is 0 Å². The van der Waals surface area contributed by atoms with E-state index in [4.69, 9.17) is 12.2 Å². The number of aryl methyl sites for hydroxylation is 1. The number of terminal acetylenes is 1. The summed E-state index contributed by atoms with van der Waals surface area (Å²) in [5.74, 6) is 2.55. The van der Waals surface area contributed by atoms with Gasteiger partial charge < -0.3 is 5.73 Å².